The third kappa shape index (κ3) is 4.42. The Balaban J connectivity index is 2.52. The summed E-state index contributed by atoms with van der Waals surface area (Å²) in [5.74, 6) is 0.258. The smallest absolute Gasteiger partial charge is 0.299 e. The highest BCUT2D eigenvalue weighted by Gasteiger charge is 1.99. The molecule has 0 spiro atoms. The van der Waals surface area contributed by atoms with Gasteiger partial charge in [-0.3, -0.25) is 4.84 Å². The Morgan fingerprint density at radius 2 is 1.93 bits per heavy atom. The molecule has 0 aliphatic carbocycles. The molecule has 5 nitrogen and oxygen atoms in total. The third-order valence-electron chi connectivity index (χ3n) is 1.95. The van der Waals surface area contributed by atoms with Crippen molar-refractivity contribution < 1.29 is 9.92 Å². The second-order valence-corrected chi connectivity index (χ2v) is 3.51. The van der Waals surface area contributed by atoms with Gasteiger partial charge in [-0.05, 0) is 38.2 Å². The van der Waals surface area contributed by atoms with Crippen molar-refractivity contribution in [3.05, 3.63) is 39.9 Å². The minimum atomic E-state index is -0.811. The maximum Gasteiger partial charge on any atom is 0.299 e. The van der Waals surface area contributed by atoms with Gasteiger partial charge in [-0.25, -0.2) is 0 Å². The van der Waals surface area contributed by atoms with Gasteiger partial charge in [0.2, 0.25) is 0 Å². The van der Waals surface area contributed by atoms with Crippen molar-refractivity contribution in [1.82, 2.24) is 4.90 Å². The molecule has 82 valence electrons. The fourth-order valence-electron chi connectivity index (χ4n) is 1.16. The van der Waals surface area contributed by atoms with Gasteiger partial charge in [0, 0.05) is 6.54 Å². The van der Waals surface area contributed by atoms with E-state index in [0.717, 1.165) is 18.5 Å². The van der Waals surface area contributed by atoms with Crippen LogP contribution in [0.5, 0.6) is 5.75 Å². The topological polar surface area (TPSA) is 55.6 Å². The van der Waals surface area contributed by atoms with E-state index in [0.29, 0.717) is 0 Å². The van der Waals surface area contributed by atoms with Crippen LogP contribution in [0.3, 0.4) is 0 Å². The van der Waals surface area contributed by atoms with Crippen LogP contribution in [0.4, 0.5) is 0 Å². The van der Waals surface area contributed by atoms with E-state index in [1.54, 1.807) is 12.1 Å². The number of hydrogen-bond donors (Lipinski definition) is 0. The lowest BCUT2D eigenvalue weighted by atomic mass is 10.1. The first kappa shape index (κ1) is 11.5. The first-order valence-corrected chi connectivity index (χ1v) is 4.64. The van der Waals surface area contributed by atoms with E-state index in [9.17, 15) is 10.1 Å². The van der Waals surface area contributed by atoms with Crippen molar-refractivity contribution in [2.75, 3.05) is 20.6 Å². The van der Waals surface area contributed by atoms with Crippen LogP contribution in [0.25, 0.3) is 0 Å². The monoisotopic (exact) mass is 210 g/mol. The van der Waals surface area contributed by atoms with Crippen LogP contribution in [-0.4, -0.2) is 30.6 Å². The van der Waals surface area contributed by atoms with E-state index in [-0.39, 0.29) is 5.75 Å². The molecule has 0 amide bonds. The molecule has 0 radical (unpaired) electrons. The molecule has 0 aromatic heterocycles. The highest BCUT2D eigenvalue weighted by atomic mass is 17.0. The molecule has 0 unspecified atom stereocenters. The number of hydrogen-bond acceptors (Lipinski definition) is 4. The van der Waals surface area contributed by atoms with Crippen molar-refractivity contribution in [2.24, 2.45) is 0 Å². The van der Waals surface area contributed by atoms with Crippen LogP contribution in [0.1, 0.15) is 5.56 Å². The standard InChI is InChI=1S/C10H14N2O3/c1-11(2)8-7-9-3-5-10(6-4-9)15-12(13)14/h3-6H,7-8H2,1-2H3. The molecule has 1 rings (SSSR count). The summed E-state index contributed by atoms with van der Waals surface area (Å²) >= 11 is 0. The predicted molar refractivity (Wildman–Crippen MR) is 56.3 cm³/mol. The van der Waals surface area contributed by atoms with E-state index in [1.165, 1.54) is 0 Å². The van der Waals surface area contributed by atoms with Crippen molar-refractivity contribution in [3.8, 4) is 5.75 Å². The molecule has 0 atom stereocenters. The summed E-state index contributed by atoms with van der Waals surface area (Å²) in [4.78, 5) is 16.4. The molecule has 0 saturated carbocycles. The molecule has 5 heteroatoms. The average molecular weight is 210 g/mol. The van der Waals surface area contributed by atoms with Crippen molar-refractivity contribution in [1.29, 1.82) is 0 Å². The second kappa shape index (κ2) is 5.31. The first-order chi connectivity index (χ1) is 7.08. The second-order valence-electron chi connectivity index (χ2n) is 3.51. The Labute approximate surface area is 88.4 Å². The Hall–Kier alpha value is -1.62. The summed E-state index contributed by atoms with van der Waals surface area (Å²) in [6.07, 6.45) is 0.922. The molecule has 15 heavy (non-hydrogen) atoms. The molecular weight excluding hydrogens is 196 g/mol. The minimum Gasteiger partial charge on any atom is -0.309 e. The van der Waals surface area contributed by atoms with Gasteiger partial charge in [0.25, 0.3) is 5.09 Å². The maximum absolute atomic E-state index is 10.0. The first-order valence-electron chi connectivity index (χ1n) is 4.64. The van der Waals surface area contributed by atoms with E-state index in [1.807, 2.05) is 26.2 Å². The molecular formula is C10H14N2O3. The zero-order valence-corrected chi connectivity index (χ0v) is 8.84. The zero-order valence-electron chi connectivity index (χ0n) is 8.84. The van der Waals surface area contributed by atoms with Crippen LogP contribution < -0.4 is 4.84 Å². The fourth-order valence-corrected chi connectivity index (χ4v) is 1.16. The molecule has 0 N–H and O–H groups in total. The van der Waals surface area contributed by atoms with Gasteiger partial charge < -0.3 is 4.90 Å². The molecule has 0 bridgehead atoms. The van der Waals surface area contributed by atoms with Crippen molar-refractivity contribution >= 4 is 0 Å². The summed E-state index contributed by atoms with van der Waals surface area (Å²) in [6.45, 7) is 0.954. The molecule has 0 aliphatic rings. The summed E-state index contributed by atoms with van der Waals surface area (Å²) < 4.78 is 0. The van der Waals surface area contributed by atoms with Gasteiger partial charge in [-0.15, -0.1) is 10.1 Å². The summed E-state index contributed by atoms with van der Waals surface area (Å²) in [5.41, 5.74) is 1.14. The molecule has 1 aromatic carbocycles. The van der Waals surface area contributed by atoms with Crippen LogP contribution in [0, 0.1) is 10.1 Å². The number of likely N-dealkylation sites (N-methyl/N-ethyl adjacent to an activating group) is 1. The summed E-state index contributed by atoms with van der Waals surface area (Å²) in [5, 5.41) is 9.23. The van der Waals surface area contributed by atoms with Crippen LogP contribution in [-0.2, 0) is 6.42 Å². The Bertz CT molecular complexity index is 322. The van der Waals surface area contributed by atoms with Gasteiger partial charge in [0.1, 0.15) is 5.75 Å². The molecule has 0 aliphatic heterocycles. The third-order valence-corrected chi connectivity index (χ3v) is 1.95. The highest BCUT2D eigenvalue weighted by molar-refractivity contribution is 5.26. The quantitative estimate of drug-likeness (QED) is 0.544. The lowest BCUT2D eigenvalue weighted by Crippen LogP contribution is -2.15. The lowest BCUT2D eigenvalue weighted by Gasteiger charge is -2.09. The minimum absolute atomic E-state index is 0.258. The van der Waals surface area contributed by atoms with Crippen LogP contribution in [0.15, 0.2) is 24.3 Å². The van der Waals surface area contributed by atoms with Gasteiger partial charge in [0.15, 0.2) is 0 Å². The predicted octanol–water partition coefficient (Wildman–Crippen LogP) is 1.36. The van der Waals surface area contributed by atoms with E-state index in [4.69, 9.17) is 0 Å². The Kier molecular flexibility index (Phi) is 4.05. The van der Waals surface area contributed by atoms with Crippen molar-refractivity contribution in [3.63, 3.8) is 0 Å². The van der Waals surface area contributed by atoms with Crippen LogP contribution >= 0.6 is 0 Å². The summed E-state index contributed by atoms with van der Waals surface area (Å²) in [6, 6.07) is 6.88. The van der Waals surface area contributed by atoms with E-state index < -0.39 is 5.09 Å². The van der Waals surface area contributed by atoms with Gasteiger partial charge in [-0.1, -0.05) is 12.1 Å². The lowest BCUT2D eigenvalue weighted by molar-refractivity contribution is -0.711. The maximum atomic E-state index is 10.0. The largest absolute Gasteiger partial charge is 0.309 e. The molecule has 0 fully saturated rings. The SMILES string of the molecule is CN(C)CCc1ccc(O[N+](=O)[O-])cc1. The van der Waals surface area contributed by atoms with Crippen molar-refractivity contribution in [2.45, 2.75) is 6.42 Å². The summed E-state index contributed by atoms with van der Waals surface area (Å²) in [7, 11) is 4.01. The Morgan fingerprint density at radius 3 is 2.40 bits per heavy atom. The van der Waals surface area contributed by atoms with E-state index >= 15 is 0 Å². The van der Waals surface area contributed by atoms with Gasteiger partial charge in [0.05, 0.1) is 0 Å². The van der Waals surface area contributed by atoms with Gasteiger partial charge >= 0.3 is 0 Å². The zero-order chi connectivity index (χ0) is 11.3. The number of nitrogens with zero attached hydrogens (tertiary/aromatic N) is 2. The fraction of sp³-hybridized carbons (Fsp3) is 0.400. The molecule has 1 aromatic rings. The van der Waals surface area contributed by atoms with Gasteiger partial charge in [-0.2, -0.15) is 0 Å². The average Bonchev–Trinajstić information content (AvgIpc) is 2.16. The molecule has 0 saturated heterocycles. The Morgan fingerprint density at radius 1 is 1.33 bits per heavy atom. The normalized spacial score (nSPS) is 10.3. The van der Waals surface area contributed by atoms with E-state index in [2.05, 4.69) is 9.74 Å². The van der Waals surface area contributed by atoms with Crippen LogP contribution in [0.2, 0.25) is 0 Å². The number of rotatable bonds is 5. The molecule has 0 heterocycles. The number of benzene rings is 1. The highest BCUT2D eigenvalue weighted by Crippen LogP contribution is 2.12.